The third kappa shape index (κ3) is 2.82. The molecule has 1 unspecified atom stereocenters. The lowest BCUT2D eigenvalue weighted by Gasteiger charge is -2.16. The third-order valence-electron chi connectivity index (χ3n) is 3.05. The fourth-order valence-electron chi connectivity index (χ4n) is 2.09. The summed E-state index contributed by atoms with van der Waals surface area (Å²) in [7, 11) is 0. The Balaban J connectivity index is 1.72. The van der Waals surface area contributed by atoms with Crippen LogP contribution in [0.1, 0.15) is 11.4 Å². The van der Waals surface area contributed by atoms with Gasteiger partial charge < -0.3 is 4.90 Å². The zero-order valence-corrected chi connectivity index (χ0v) is 13.1. The molecule has 4 nitrogen and oxygen atoms in total. The van der Waals surface area contributed by atoms with Crippen LogP contribution in [-0.4, -0.2) is 27.9 Å². The fraction of sp³-hybridized carbons (Fsp3) is 0.308. The predicted octanol–water partition coefficient (Wildman–Crippen LogP) is 3.40. The number of aromatic nitrogens is 2. The van der Waals surface area contributed by atoms with E-state index in [4.69, 9.17) is 11.6 Å². The van der Waals surface area contributed by atoms with Gasteiger partial charge in [-0.3, -0.25) is 4.79 Å². The number of amides is 1. The Labute approximate surface area is 130 Å². The Morgan fingerprint density at radius 3 is 2.75 bits per heavy atom. The Kier molecular flexibility index (Phi) is 3.96. The maximum Gasteiger partial charge on any atom is 0.240 e. The van der Waals surface area contributed by atoms with E-state index in [1.165, 1.54) is 23.1 Å². The van der Waals surface area contributed by atoms with Crippen LogP contribution in [-0.2, 0) is 4.79 Å². The molecule has 20 heavy (non-hydrogen) atoms. The minimum Gasteiger partial charge on any atom is -0.311 e. The molecule has 1 fully saturated rings. The van der Waals surface area contributed by atoms with E-state index in [9.17, 15) is 4.79 Å². The summed E-state index contributed by atoms with van der Waals surface area (Å²) in [6.45, 7) is 2.65. The van der Waals surface area contributed by atoms with Crippen molar-refractivity contribution in [1.29, 1.82) is 0 Å². The van der Waals surface area contributed by atoms with Gasteiger partial charge in [0.05, 0.1) is 5.25 Å². The summed E-state index contributed by atoms with van der Waals surface area (Å²) in [5, 5.41) is 9.57. The molecular weight excluding hydrogens is 314 g/mol. The lowest BCUT2D eigenvalue weighted by Crippen LogP contribution is -2.27. The lowest BCUT2D eigenvalue weighted by atomic mass is 10.3. The summed E-state index contributed by atoms with van der Waals surface area (Å²) in [6, 6.07) is 7.36. The highest BCUT2D eigenvalue weighted by Gasteiger charge is 2.34. The SMILES string of the molecule is Cc1nnc(SC2CCN(c3ccc(Cl)cc3)C2=O)s1. The van der Waals surface area contributed by atoms with E-state index in [0.717, 1.165) is 28.0 Å². The second kappa shape index (κ2) is 5.71. The van der Waals surface area contributed by atoms with Crippen molar-refractivity contribution in [3.63, 3.8) is 0 Å². The molecule has 7 heteroatoms. The molecule has 1 aliphatic heterocycles. The highest BCUT2D eigenvalue weighted by atomic mass is 35.5. The second-order valence-electron chi connectivity index (χ2n) is 4.45. The zero-order valence-electron chi connectivity index (χ0n) is 10.7. The standard InChI is InChI=1S/C13H12ClN3OS2/c1-8-15-16-13(19-8)20-11-6-7-17(12(11)18)10-4-2-9(14)3-5-10/h2-5,11H,6-7H2,1H3. The van der Waals surface area contributed by atoms with Gasteiger partial charge in [0.2, 0.25) is 5.91 Å². The van der Waals surface area contributed by atoms with Crippen LogP contribution in [0, 0.1) is 6.92 Å². The minimum atomic E-state index is -0.0713. The molecule has 104 valence electrons. The highest BCUT2D eigenvalue weighted by molar-refractivity contribution is 8.02. The van der Waals surface area contributed by atoms with Gasteiger partial charge in [-0.25, -0.2) is 0 Å². The average Bonchev–Trinajstić information content (AvgIpc) is 2.99. The first kappa shape index (κ1) is 13.9. The van der Waals surface area contributed by atoms with E-state index in [1.807, 2.05) is 24.0 Å². The van der Waals surface area contributed by atoms with Crippen molar-refractivity contribution in [2.75, 3.05) is 11.4 Å². The van der Waals surface area contributed by atoms with Crippen molar-refractivity contribution in [2.24, 2.45) is 0 Å². The molecule has 1 aromatic heterocycles. The van der Waals surface area contributed by atoms with Crippen LogP contribution in [0.5, 0.6) is 0 Å². The van der Waals surface area contributed by atoms with Crippen LogP contribution in [0.2, 0.25) is 5.02 Å². The van der Waals surface area contributed by atoms with E-state index >= 15 is 0 Å². The molecule has 1 saturated heterocycles. The first-order valence-corrected chi connectivity index (χ1v) is 8.24. The van der Waals surface area contributed by atoms with Crippen LogP contribution in [0.4, 0.5) is 5.69 Å². The predicted molar refractivity (Wildman–Crippen MR) is 82.7 cm³/mol. The molecule has 0 aliphatic carbocycles. The topological polar surface area (TPSA) is 46.1 Å². The van der Waals surface area contributed by atoms with E-state index in [1.54, 1.807) is 12.1 Å². The van der Waals surface area contributed by atoms with Crippen LogP contribution in [0.15, 0.2) is 28.6 Å². The number of halogens is 1. The summed E-state index contributed by atoms with van der Waals surface area (Å²) in [4.78, 5) is 14.2. The first-order chi connectivity index (χ1) is 9.63. The Bertz CT molecular complexity index is 629. The average molecular weight is 326 g/mol. The van der Waals surface area contributed by atoms with Gasteiger partial charge in [-0.1, -0.05) is 34.7 Å². The number of carbonyl (C=O) groups is 1. The molecule has 1 amide bonds. The largest absolute Gasteiger partial charge is 0.311 e. The molecule has 1 aromatic carbocycles. The number of carbonyl (C=O) groups excluding carboxylic acids is 1. The van der Waals surface area contributed by atoms with E-state index in [2.05, 4.69) is 10.2 Å². The number of aryl methyl sites for hydroxylation is 1. The number of hydrogen-bond acceptors (Lipinski definition) is 5. The first-order valence-electron chi connectivity index (χ1n) is 6.17. The molecule has 3 rings (SSSR count). The fourth-order valence-corrected chi connectivity index (χ4v) is 4.32. The van der Waals surface area contributed by atoms with Gasteiger partial charge in [0.1, 0.15) is 5.01 Å². The van der Waals surface area contributed by atoms with Crippen LogP contribution in [0.25, 0.3) is 0 Å². The van der Waals surface area contributed by atoms with Crippen molar-refractivity contribution in [3.8, 4) is 0 Å². The normalized spacial score (nSPS) is 18.8. The Morgan fingerprint density at radius 2 is 2.10 bits per heavy atom. The van der Waals surface area contributed by atoms with E-state index in [0.29, 0.717) is 5.02 Å². The van der Waals surface area contributed by atoms with Gasteiger partial charge in [0, 0.05) is 17.3 Å². The van der Waals surface area contributed by atoms with Gasteiger partial charge in [-0.15, -0.1) is 10.2 Å². The van der Waals surface area contributed by atoms with Crippen LogP contribution < -0.4 is 4.90 Å². The highest BCUT2D eigenvalue weighted by Crippen LogP contribution is 2.34. The summed E-state index contributed by atoms with van der Waals surface area (Å²) in [6.07, 6.45) is 0.824. The minimum absolute atomic E-state index is 0.0713. The molecule has 2 aromatic rings. The van der Waals surface area contributed by atoms with Crippen molar-refractivity contribution < 1.29 is 4.79 Å². The molecule has 0 spiro atoms. The van der Waals surface area contributed by atoms with Crippen molar-refractivity contribution in [3.05, 3.63) is 34.3 Å². The van der Waals surface area contributed by atoms with Gasteiger partial charge in [0.25, 0.3) is 0 Å². The van der Waals surface area contributed by atoms with Crippen LogP contribution >= 0.6 is 34.7 Å². The molecule has 0 N–H and O–H groups in total. The number of nitrogens with zero attached hydrogens (tertiary/aromatic N) is 3. The summed E-state index contributed by atoms with van der Waals surface area (Å²) >= 11 is 8.91. The van der Waals surface area contributed by atoms with Gasteiger partial charge >= 0.3 is 0 Å². The smallest absolute Gasteiger partial charge is 0.240 e. The molecular formula is C13H12ClN3OS2. The monoisotopic (exact) mass is 325 g/mol. The molecule has 0 bridgehead atoms. The lowest BCUT2D eigenvalue weighted by molar-refractivity contribution is -0.116. The Morgan fingerprint density at radius 1 is 1.35 bits per heavy atom. The van der Waals surface area contributed by atoms with Crippen LogP contribution in [0.3, 0.4) is 0 Å². The second-order valence-corrected chi connectivity index (χ2v) is 7.52. The van der Waals surface area contributed by atoms with Gasteiger partial charge in [-0.2, -0.15) is 0 Å². The van der Waals surface area contributed by atoms with Crippen molar-refractivity contribution in [1.82, 2.24) is 10.2 Å². The van der Waals surface area contributed by atoms with Gasteiger partial charge in [-0.05, 0) is 37.6 Å². The Hall–Kier alpha value is -1.11. The number of thioether (sulfide) groups is 1. The molecule has 1 aliphatic rings. The molecule has 0 radical (unpaired) electrons. The summed E-state index contributed by atoms with van der Waals surface area (Å²) < 4.78 is 0.860. The molecule has 2 heterocycles. The zero-order chi connectivity index (χ0) is 14.1. The van der Waals surface area contributed by atoms with Crippen molar-refractivity contribution in [2.45, 2.75) is 22.9 Å². The third-order valence-corrected chi connectivity index (χ3v) is 5.47. The van der Waals surface area contributed by atoms with Gasteiger partial charge in [0.15, 0.2) is 4.34 Å². The van der Waals surface area contributed by atoms with E-state index in [-0.39, 0.29) is 11.2 Å². The molecule has 1 atom stereocenters. The number of benzene rings is 1. The van der Waals surface area contributed by atoms with E-state index < -0.39 is 0 Å². The molecule has 0 saturated carbocycles. The number of hydrogen-bond donors (Lipinski definition) is 0. The number of rotatable bonds is 3. The quantitative estimate of drug-likeness (QED) is 0.867. The maximum atomic E-state index is 12.4. The van der Waals surface area contributed by atoms with Crippen molar-refractivity contribution >= 4 is 46.3 Å². The number of anilines is 1. The summed E-state index contributed by atoms with van der Waals surface area (Å²) in [5.74, 6) is 0.130. The maximum absolute atomic E-state index is 12.4. The summed E-state index contributed by atoms with van der Waals surface area (Å²) in [5.41, 5.74) is 0.899.